The van der Waals surface area contributed by atoms with Crippen LogP contribution in [-0.2, 0) is 11.2 Å². The van der Waals surface area contributed by atoms with Gasteiger partial charge in [-0.05, 0) is 38.0 Å². The molecule has 0 aliphatic carbocycles. The second kappa shape index (κ2) is 4.27. The van der Waals surface area contributed by atoms with Crippen LogP contribution in [0.4, 0.5) is 0 Å². The lowest BCUT2D eigenvalue weighted by molar-refractivity contribution is -0.116. The van der Waals surface area contributed by atoms with Crippen molar-refractivity contribution in [2.45, 2.75) is 27.2 Å². The number of hydrogen-bond donors (Lipinski definition) is 0. The highest BCUT2D eigenvalue weighted by molar-refractivity contribution is 5.79. The minimum atomic E-state index is 0.159. The Morgan fingerprint density at radius 2 is 1.86 bits per heavy atom. The van der Waals surface area contributed by atoms with E-state index in [-0.39, 0.29) is 5.78 Å². The third kappa shape index (κ3) is 2.34. The maximum absolute atomic E-state index is 11.0. The molecule has 0 unspecified atom stereocenters. The van der Waals surface area contributed by atoms with Gasteiger partial charge in [-0.2, -0.15) is 0 Å². The van der Waals surface area contributed by atoms with E-state index in [0.29, 0.717) is 6.42 Å². The van der Waals surface area contributed by atoms with E-state index in [9.17, 15) is 4.79 Å². The van der Waals surface area contributed by atoms with Gasteiger partial charge in [0, 0.05) is 12.0 Å². The Hall–Kier alpha value is -1.31. The molecule has 0 saturated heterocycles. The Kier molecular flexibility index (Phi) is 3.28. The number of aryl methyl sites for hydroxylation is 2. The zero-order valence-corrected chi connectivity index (χ0v) is 9.18. The van der Waals surface area contributed by atoms with Crippen LogP contribution in [-0.4, -0.2) is 12.9 Å². The summed E-state index contributed by atoms with van der Waals surface area (Å²) in [4.78, 5) is 11.0. The van der Waals surface area contributed by atoms with Crippen LogP contribution in [0.25, 0.3) is 0 Å². The number of hydrogen-bond acceptors (Lipinski definition) is 2. The summed E-state index contributed by atoms with van der Waals surface area (Å²) < 4.78 is 5.23. The molecule has 0 atom stereocenters. The van der Waals surface area contributed by atoms with E-state index >= 15 is 0 Å². The molecule has 0 fully saturated rings. The molecule has 14 heavy (non-hydrogen) atoms. The summed E-state index contributed by atoms with van der Waals surface area (Å²) in [5, 5.41) is 0. The highest BCUT2D eigenvalue weighted by Gasteiger charge is 2.07. The fourth-order valence-corrected chi connectivity index (χ4v) is 1.45. The third-order valence-electron chi connectivity index (χ3n) is 2.34. The van der Waals surface area contributed by atoms with Crippen LogP contribution in [0.1, 0.15) is 23.6 Å². The summed E-state index contributed by atoms with van der Waals surface area (Å²) in [5.41, 5.74) is 3.36. The Morgan fingerprint density at radius 1 is 1.29 bits per heavy atom. The maximum Gasteiger partial charge on any atom is 0.134 e. The van der Waals surface area contributed by atoms with Gasteiger partial charge in [0.1, 0.15) is 11.5 Å². The van der Waals surface area contributed by atoms with Crippen molar-refractivity contribution in [1.29, 1.82) is 0 Å². The third-order valence-corrected chi connectivity index (χ3v) is 2.34. The molecular weight excluding hydrogens is 176 g/mol. The van der Waals surface area contributed by atoms with Crippen LogP contribution in [0.3, 0.4) is 0 Å². The van der Waals surface area contributed by atoms with Crippen molar-refractivity contribution in [3.63, 3.8) is 0 Å². The molecule has 0 amide bonds. The number of carbonyl (C=O) groups is 1. The predicted molar refractivity (Wildman–Crippen MR) is 56.9 cm³/mol. The molecule has 1 aromatic rings. The van der Waals surface area contributed by atoms with Crippen molar-refractivity contribution in [1.82, 2.24) is 0 Å². The van der Waals surface area contributed by atoms with Gasteiger partial charge in [0.05, 0.1) is 7.11 Å². The molecule has 0 bridgehead atoms. The van der Waals surface area contributed by atoms with Crippen LogP contribution in [0.15, 0.2) is 12.1 Å². The van der Waals surface area contributed by atoms with Gasteiger partial charge >= 0.3 is 0 Å². The van der Waals surface area contributed by atoms with Gasteiger partial charge in [-0.3, -0.25) is 4.79 Å². The van der Waals surface area contributed by atoms with Crippen LogP contribution < -0.4 is 4.74 Å². The van der Waals surface area contributed by atoms with Crippen LogP contribution in [0.2, 0.25) is 0 Å². The average Bonchev–Trinajstić information content (AvgIpc) is 2.10. The van der Waals surface area contributed by atoms with Crippen molar-refractivity contribution >= 4 is 5.78 Å². The second-order valence-electron chi connectivity index (χ2n) is 3.63. The molecule has 0 spiro atoms. The lowest BCUT2D eigenvalue weighted by Crippen LogP contribution is -2.01. The summed E-state index contributed by atoms with van der Waals surface area (Å²) in [7, 11) is 1.63. The lowest BCUT2D eigenvalue weighted by Gasteiger charge is -2.10. The number of ketones is 1. The second-order valence-corrected chi connectivity index (χ2v) is 3.63. The van der Waals surface area contributed by atoms with Crippen molar-refractivity contribution in [3.8, 4) is 5.75 Å². The van der Waals surface area contributed by atoms with Crippen molar-refractivity contribution < 1.29 is 9.53 Å². The van der Waals surface area contributed by atoms with E-state index in [1.165, 1.54) is 11.1 Å². The highest BCUT2D eigenvalue weighted by Crippen LogP contribution is 2.23. The van der Waals surface area contributed by atoms with Gasteiger partial charge in [0.15, 0.2) is 0 Å². The van der Waals surface area contributed by atoms with E-state index in [1.807, 2.05) is 26.0 Å². The zero-order chi connectivity index (χ0) is 10.7. The van der Waals surface area contributed by atoms with Gasteiger partial charge in [0.25, 0.3) is 0 Å². The molecule has 0 radical (unpaired) electrons. The number of carbonyl (C=O) groups excluding carboxylic acids is 1. The van der Waals surface area contributed by atoms with Gasteiger partial charge in [0.2, 0.25) is 0 Å². The number of benzene rings is 1. The van der Waals surface area contributed by atoms with Gasteiger partial charge in [-0.15, -0.1) is 0 Å². The number of Topliss-reactive ketones (excluding diaryl/α,β-unsaturated/α-hetero) is 1. The Bertz CT molecular complexity index is 354. The van der Waals surface area contributed by atoms with E-state index in [2.05, 4.69) is 0 Å². The van der Waals surface area contributed by atoms with Gasteiger partial charge < -0.3 is 4.74 Å². The van der Waals surface area contributed by atoms with E-state index in [0.717, 1.165) is 11.3 Å². The van der Waals surface area contributed by atoms with Crippen molar-refractivity contribution in [2.75, 3.05) is 7.11 Å². The first-order chi connectivity index (χ1) is 6.54. The fourth-order valence-electron chi connectivity index (χ4n) is 1.45. The molecule has 0 N–H and O–H groups in total. The molecule has 0 heterocycles. The largest absolute Gasteiger partial charge is 0.496 e. The molecule has 0 saturated carbocycles. The summed E-state index contributed by atoms with van der Waals surface area (Å²) in [6, 6.07) is 4.00. The zero-order valence-electron chi connectivity index (χ0n) is 9.18. The Balaban J connectivity index is 3.13. The molecule has 0 aliphatic heterocycles. The van der Waals surface area contributed by atoms with Crippen molar-refractivity contribution in [3.05, 3.63) is 28.8 Å². The minimum Gasteiger partial charge on any atom is -0.496 e. The molecule has 1 aromatic carbocycles. The van der Waals surface area contributed by atoms with Crippen LogP contribution in [0.5, 0.6) is 5.75 Å². The lowest BCUT2D eigenvalue weighted by atomic mass is 10.0. The number of methoxy groups -OCH3 is 1. The number of rotatable bonds is 3. The van der Waals surface area contributed by atoms with E-state index in [4.69, 9.17) is 4.74 Å². The standard InChI is InChI=1S/C12H16O2/c1-8-5-11(7-10(3)13)12(14-4)6-9(8)2/h5-6H,7H2,1-4H3. The molecule has 2 heteroatoms. The average molecular weight is 192 g/mol. The highest BCUT2D eigenvalue weighted by atomic mass is 16.5. The smallest absolute Gasteiger partial charge is 0.134 e. The summed E-state index contributed by atoms with van der Waals surface area (Å²) in [5.74, 6) is 0.967. The molecular formula is C12H16O2. The molecule has 2 nitrogen and oxygen atoms in total. The maximum atomic E-state index is 11.0. The first kappa shape index (κ1) is 10.8. The first-order valence-corrected chi connectivity index (χ1v) is 4.68. The minimum absolute atomic E-state index is 0.159. The van der Waals surface area contributed by atoms with Gasteiger partial charge in [-0.25, -0.2) is 0 Å². The SMILES string of the molecule is COc1cc(C)c(C)cc1CC(C)=O. The normalized spacial score (nSPS) is 10.0. The number of ether oxygens (including phenoxy) is 1. The summed E-state index contributed by atoms with van der Waals surface area (Å²) in [6.07, 6.45) is 0.449. The van der Waals surface area contributed by atoms with Crippen LogP contribution >= 0.6 is 0 Å². The molecule has 1 rings (SSSR count). The predicted octanol–water partition coefficient (Wildman–Crippen LogP) is 2.44. The summed E-state index contributed by atoms with van der Waals surface area (Å²) >= 11 is 0. The van der Waals surface area contributed by atoms with E-state index in [1.54, 1.807) is 14.0 Å². The molecule has 0 aliphatic rings. The van der Waals surface area contributed by atoms with Crippen molar-refractivity contribution in [2.24, 2.45) is 0 Å². The van der Waals surface area contributed by atoms with Gasteiger partial charge in [-0.1, -0.05) is 6.07 Å². The fraction of sp³-hybridized carbons (Fsp3) is 0.417. The quantitative estimate of drug-likeness (QED) is 0.735. The Labute approximate surface area is 84.9 Å². The monoisotopic (exact) mass is 192 g/mol. The first-order valence-electron chi connectivity index (χ1n) is 4.68. The Morgan fingerprint density at radius 3 is 2.36 bits per heavy atom. The molecule has 0 aromatic heterocycles. The van der Waals surface area contributed by atoms with Crippen LogP contribution in [0, 0.1) is 13.8 Å². The summed E-state index contributed by atoms with van der Waals surface area (Å²) in [6.45, 7) is 5.67. The van der Waals surface area contributed by atoms with E-state index < -0.39 is 0 Å². The topological polar surface area (TPSA) is 26.3 Å². The molecule has 76 valence electrons.